The van der Waals surface area contributed by atoms with Crippen LogP contribution in [0.5, 0.6) is 0 Å². The van der Waals surface area contributed by atoms with E-state index in [0.29, 0.717) is 17.5 Å². The molecule has 37 heavy (non-hydrogen) atoms. The summed E-state index contributed by atoms with van der Waals surface area (Å²) in [5.74, 6) is 0.363. The summed E-state index contributed by atoms with van der Waals surface area (Å²) in [4.78, 5) is 36.2. The van der Waals surface area contributed by atoms with Gasteiger partial charge in [-0.25, -0.2) is 0 Å². The zero-order valence-electron chi connectivity index (χ0n) is 21.6. The van der Waals surface area contributed by atoms with Crippen molar-refractivity contribution in [3.63, 3.8) is 0 Å². The maximum atomic E-state index is 12.9. The molecular weight excluding hydrogens is 492 g/mol. The molecule has 2 N–H and O–H groups in total. The summed E-state index contributed by atoms with van der Waals surface area (Å²) in [5.41, 5.74) is 1.90. The molecule has 10 nitrogen and oxygen atoms in total. The first-order valence-corrected chi connectivity index (χ1v) is 13.1. The number of thioether (sulfide) groups is 1. The van der Waals surface area contributed by atoms with Crippen LogP contribution in [0, 0.1) is 16.0 Å². The zero-order valence-corrected chi connectivity index (χ0v) is 22.4. The van der Waals surface area contributed by atoms with Gasteiger partial charge >= 0.3 is 0 Å². The van der Waals surface area contributed by atoms with Crippen LogP contribution in [-0.4, -0.2) is 37.3 Å². The Hall–Kier alpha value is -3.73. The summed E-state index contributed by atoms with van der Waals surface area (Å²) in [5, 5.41) is 26.2. The van der Waals surface area contributed by atoms with E-state index in [4.69, 9.17) is 0 Å². The van der Waals surface area contributed by atoms with Gasteiger partial charge in [0.25, 0.3) is 11.6 Å². The second-order valence-corrected chi connectivity index (χ2v) is 10.1. The van der Waals surface area contributed by atoms with Gasteiger partial charge in [0.15, 0.2) is 11.0 Å². The first-order chi connectivity index (χ1) is 17.6. The third-order valence-corrected chi connectivity index (χ3v) is 6.77. The summed E-state index contributed by atoms with van der Waals surface area (Å²) in [6, 6.07) is 12.8. The van der Waals surface area contributed by atoms with Crippen LogP contribution >= 0.6 is 11.8 Å². The van der Waals surface area contributed by atoms with Gasteiger partial charge in [-0.05, 0) is 36.5 Å². The molecule has 0 aliphatic heterocycles. The average molecular weight is 525 g/mol. The molecule has 3 rings (SSSR count). The number of hydrogen-bond acceptors (Lipinski definition) is 7. The van der Waals surface area contributed by atoms with Crippen molar-refractivity contribution >= 4 is 35.0 Å². The van der Waals surface area contributed by atoms with Gasteiger partial charge in [0.2, 0.25) is 5.91 Å². The summed E-state index contributed by atoms with van der Waals surface area (Å²) in [6.45, 7) is 10.5. The van der Waals surface area contributed by atoms with Crippen molar-refractivity contribution in [1.29, 1.82) is 0 Å². The first-order valence-electron chi connectivity index (χ1n) is 12.1. The molecule has 0 unspecified atom stereocenters. The minimum Gasteiger partial charge on any atom is -0.342 e. The number of nitrogens with zero attached hydrogens (tertiary/aromatic N) is 4. The fourth-order valence-corrected chi connectivity index (χ4v) is 4.69. The summed E-state index contributed by atoms with van der Waals surface area (Å²) >= 11 is 1.27. The summed E-state index contributed by atoms with van der Waals surface area (Å²) < 4.78 is 1.87. The number of nitro groups is 1. The number of nitrogens with one attached hydrogen (secondary N) is 2. The lowest BCUT2D eigenvalue weighted by Crippen LogP contribution is -2.33. The minimum absolute atomic E-state index is 0.0363. The van der Waals surface area contributed by atoms with Crippen LogP contribution in [-0.2, 0) is 11.3 Å². The molecule has 0 spiro atoms. The number of anilines is 1. The fraction of sp³-hybridized carbons (Fsp3) is 0.385. The number of hydrogen-bond donors (Lipinski definition) is 2. The van der Waals surface area contributed by atoms with Gasteiger partial charge in [-0.3, -0.25) is 19.7 Å². The Bertz CT molecular complexity index is 1270. The minimum atomic E-state index is -0.536. The van der Waals surface area contributed by atoms with Gasteiger partial charge in [0.05, 0.1) is 16.7 Å². The van der Waals surface area contributed by atoms with Crippen LogP contribution in [0.3, 0.4) is 0 Å². The Kier molecular flexibility index (Phi) is 9.40. The molecule has 0 bridgehead atoms. The number of nitro benzene ring substituents is 1. The molecule has 0 radical (unpaired) electrons. The smallest absolute Gasteiger partial charge is 0.270 e. The lowest BCUT2D eigenvalue weighted by Gasteiger charge is -2.22. The zero-order chi connectivity index (χ0) is 27.1. The number of amides is 2. The standard InChI is InChI=1S/C26H32N6O4S/c1-6-31-24(23(17(4)5)28-25(34)18-10-9-11-19(14-18)32(35)36)29-30-26(31)37-15-22(33)27-21-13-8-7-12-20(21)16(2)3/h7-14,16-17,23H,6,15H2,1-5H3,(H,27,33)(H,28,34)/t23-/m1/s1. The number of carbonyl (C=O) groups excluding carboxylic acids is 2. The van der Waals surface area contributed by atoms with Gasteiger partial charge in [0, 0.05) is 29.9 Å². The largest absolute Gasteiger partial charge is 0.342 e. The van der Waals surface area contributed by atoms with Crippen molar-refractivity contribution in [3.05, 3.63) is 75.6 Å². The Morgan fingerprint density at radius 2 is 1.81 bits per heavy atom. The monoisotopic (exact) mass is 524 g/mol. The number of carbonyl (C=O) groups is 2. The van der Waals surface area contributed by atoms with Crippen LogP contribution in [0.25, 0.3) is 0 Å². The number of para-hydroxylation sites is 1. The predicted molar refractivity (Wildman–Crippen MR) is 144 cm³/mol. The van der Waals surface area contributed by atoms with Crippen molar-refractivity contribution < 1.29 is 14.5 Å². The molecule has 196 valence electrons. The van der Waals surface area contributed by atoms with Gasteiger partial charge in [-0.2, -0.15) is 0 Å². The molecule has 3 aromatic rings. The van der Waals surface area contributed by atoms with Gasteiger partial charge in [-0.1, -0.05) is 63.7 Å². The maximum absolute atomic E-state index is 12.9. The third kappa shape index (κ3) is 6.94. The van der Waals surface area contributed by atoms with E-state index in [1.54, 1.807) is 0 Å². The van der Waals surface area contributed by atoms with Crippen LogP contribution in [0.4, 0.5) is 11.4 Å². The van der Waals surface area contributed by atoms with Crippen LogP contribution < -0.4 is 10.6 Å². The Balaban J connectivity index is 1.74. The molecule has 0 fully saturated rings. The van der Waals surface area contributed by atoms with Crippen LogP contribution in [0.2, 0.25) is 0 Å². The van der Waals surface area contributed by atoms with E-state index >= 15 is 0 Å². The first kappa shape index (κ1) is 27.9. The summed E-state index contributed by atoms with van der Waals surface area (Å²) in [6.07, 6.45) is 0. The lowest BCUT2D eigenvalue weighted by molar-refractivity contribution is -0.384. The van der Waals surface area contributed by atoms with E-state index in [2.05, 4.69) is 34.7 Å². The molecule has 0 saturated carbocycles. The highest BCUT2D eigenvalue weighted by Gasteiger charge is 2.27. The highest BCUT2D eigenvalue weighted by molar-refractivity contribution is 7.99. The number of rotatable bonds is 11. The molecule has 0 saturated heterocycles. The number of benzene rings is 2. The number of aromatic nitrogens is 3. The molecule has 11 heteroatoms. The van der Waals surface area contributed by atoms with E-state index < -0.39 is 16.9 Å². The van der Waals surface area contributed by atoms with Crippen molar-refractivity contribution in [2.45, 2.75) is 58.3 Å². The van der Waals surface area contributed by atoms with E-state index in [0.717, 1.165) is 11.3 Å². The van der Waals surface area contributed by atoms with Crippen molar-refractivity contribution in [2.75, 3.05) is 11.1 Å². The van der Waals surface area contributed by atoms with Crippen LogP contribution in [0.15, 0.2) is 53.7 Å². The van der Waals surface area contributed by atoms with Gasteiger partial charge < -0.3 is 15.2 Å². The van der Waals surface area contributed by atoms with Crippen molar-refractivity contribution in [3.8, 4) is 0 Å². The lowest BCUT2D eigenvalue weighted by atomic mass is 10.0. The average Bonchev–Trinajstić information content (AvgIpc) is 3.28. The normalized spacial score (nSPS) is 12.0. The van der Waals surface area contributed by atoms with E-state index in [9.17, 15) is 19.7 Å². The molecule has 2 amide bonds. The van der Waals surface area contributed by atoms with Crippen LogP contribution in [0.1, 0.15) is 68.3 Å². The van der Waals surface area contributed by atoms with Gasteiger partial charge in [-0.15, -0.1) is 10.2 Å². The Labute approximate surface area is 220 Å². The SMILES string of the molecule is CCn1c(SCC(=O)Nc2ccccc2C(C)C)nnc1[C@H](NC(=O)c1cccc([N+](=O)[O-])c1)C(C)C. The Morgan fingerprint density at radius 1 is 1.08 bits per heavy atom. The molecule has 0 aliphatic rings. The summed E-state index contributed by atoms with van der Waals surface area (Å²) in [7, 11) is 0. The molecule has 2 aromatic carbocycles. The number of non-ortho nitro benzene ring substituents is 1. The maximum Gasteiger partial charge on any atom is 0.270 e. The molecule has 0 aliphatic carbocycles. The second-order valence-electron chi connectivity index (χ2n) is 9.17. The molecule has 1 aromatic heterocycles. The highest BCUT2D eigenvalue weighted by atomic mass is 32.2. The predicted octanol–water partition coefficient (Wildman–Crippen LogP) is 5.19. The molecular formula is C26H32N6O4S. The molecule has 1 heterocycles. The van der Waals surface area contributed by atoms with Gasteiger partial charge in [0.1, 0.15) is 0 Å². The van der Waals surface area contributed by atoms with E-state index in [1.807, 2.05) is 49.6 Å². The van der Waals surface area contributed by atoms with E-state index in [1.165, 1.54) is 36.0 Å². The van der Waals surface area contributed by atoms with Crippen molar-refractivity contribution in [2.24, 2.45) is 5.92 Å². The third-order valence-electron chi connectivity index (χ3n) is 5.80. The Morgan fingerprint density at radius 3 is 2.46 bits per heavy atom. The van der Waals surface area contributed by atoms with E-state index in [-0.39, 0.29) is 34.7 Å². The van der Waals surface area contributed by atoms with Crippen molar-refractivity contribution in [1.82, 2.24) is 20.1 Å². The second kappa shape index (κ2) is 12.5. The highest BCUT2D eigenvalue weighted by Crippen LogP contribution is 2.27. The quantitative estimate of drug-likeness (QED) is 0.200. The fourth-order valence-electron chi connectivity index (χ4n) is 3.88. The molecule has 1 atom stereocenters. The topological polar surface area (TPSA) is 132 Å².